The van der Waals surface area contributed by atoms with Crippen molar-refractivity contribution >= 4 is 11.4 Å². The molecule has 0 aliphatic carbocycles. The predicted molar refractivity (Wildman–Crippen MR) is 61.0 cm³/mol. The second-order valence-corrected chi connectivity index (χ2v) is 3.13. The van der Waals surface area contributed by atoms with Crippen LogP contribution in [0.2, 0.25) is 0 Å². The minimum absolute atomic E-state index is 0.646. The van der Waals surface area contributed by atoms with Crippen molar-refractivity contribution in [2.24, 2.45) is 0 Å². The zero-order valence-electron chi connectivity index (χ0n) is 8.29. The molecule has 0 spiro atoms. The Balaban J connectivity index is 0.000000146. The average Bonchev–Trinajstić information content (AvgIpc) is 2.26. The number of hydrogen-bond donors (Lipinski definition) is 4. The molecule has 4 heteroatoms. The number of nitrogens with one attached hydrogen (secondary N) is 2. The SMILES string of the molecule is C1CNCCN1.Nc1ccccc1N. The summed E-state index contributed by atoms with van der Waals surface area (Å²) in [5, 5.41) is 6.44. The monoisotopic (exact) mass is 194 g/mol. The van der Waals surface area contributed by atoms with Crippen LogP contribution in [0.15, 0.2) is 24.3 Å². The molecule has 0 saturated carbocycles. The summed E-state index contributed by atoms with van der Waals surface area (Å²) in [4.78, 5) is 0. The Labute approximate surface area is 84.7 Å². The first-order valence-electron chi connectivity index (χ1n) is 4.82. The fourth-order valence-electron chi connectivity index (χ4n) is 1.11. The fraction of sp³-hybridized carbons (Fsp3) is 0.400. The number of nitrogen functional groups attached to an aromatic ring is 2. The molecule has 2 rings (SSSR count). The van der Waals surface area contributed by atoms with Gasteiger partial charge in [-0.25, -0.2) is 0 Å². The summed E-state index contributed by atoms with van der Waals surface area (Å²) >= 11 is 0. The van der Waals surface area contributed by atoms with Gasteiger partial charge in [-0.15, -0.1) is 0 Å². The maximum Gasteiger partial charge on any atom is 0.0547 e. The number of hydrogen-bond acceptors (Lipinski definition) is 4. The molecule has 0 radical (unpaired) electrons. The molecule has 1 fully saturated rings. The van der Waals surface area contributed by atoms with E-state index in [0.29, 0.717) is 11.4 Å². The van der Waals surface area contributed by atoms with E-state index in [1.54, 1.807) is 12.1 Å². The van der Waals surface area contributed by atoms with Crippen LogP contribution in [0.5, 0.6) is 0 Å². The van der Waals surface area contributed by atoms with Crippen molar-refractivity contribution < 1.29 is 0 Å². The quantitative estimate of drug-likeness (QED) is 0.440. The molecular weight excluding hydrogens is 176 g/mol. The summed E-state index contributed by atoms with van der Waals surface area (Å²) in [5.41, 5.74) is 12.1. The van der Waals surface area contributed by atoms with Gasteiger partial charge in [0.15, 0.2) is 0 Å². The normalized spacial score (nSPS) is 15.4. The molecule has 1 saturated heterocycles. The first-order valence-corrected chi connectivity index (χ1v) is 4.82. The lowest BCUT2D eigenvalue weighted by Gasteiger charge is -2.11. The molecule has 1 aliphatic heterocycles. The van der Waals surface area contributed by atoms with Crippen LogP contribution in [-0.4, -0.2) is 26.2 Å². The first kappa shape index (κ1) is 10.8. The second kappa shape index (κ2) is 6.23. The van der Waals surface area contributed by atoms with Gasteiger partial charge in [0.05, 0.1) is 11.4 Å². The maximum absolute atomic E-state index is 5.39. The third-order valence-corrected chi connectivity index (χ3v) is 1.95. The fourth-order valence-corrected chi connectivity index (χ4v) is 1.11. The van der Waals surface area contributed by atoms with Gasteiger partial charge in [0.2, 0.25) is 0 Å². The number of piperazine rings is 1. The van der Waals surface area contributed by atoms with E-state index in [2.05, 4.69) is 10.6 Å². The number of nitrogens with two attached hydrogens (primary N) is 2. The number of rotatable bonds is 0. The Kier molecular flexibility index (Phi) is 4.82. The van der Waals surface area contributed by atoms with Crippen molar-refractivity contribution in [3.8, 4) is 0 Å². The van der Waals surface area contributed by atoms with Crippen molar-refractivity contribution in [1.82, 2.24) is 10.6 Å². The highest BCUT2D eigenvalue weighted by Crippen LogP contribution is 2.10. The Morgan fingerprint density at radius 1 is 0.786 bits per heavy atom. The molecule has 0 bridgehead atoms. The Morgan fingerprint density at radius 3 is 1.36 bits per heavy atom. The summed E-state index contributed by atoms with van der Waals surface area (Å²) < 4.78 is 0. The predicted octanol–water partition coefficient (Wildman–Crippen LogP) is 0.0302. The molecule has 1 aromatic rings. The number of para-hydroxylation sites is 2. The van der Waals surface area contributed by atoms with Crippen LogP contribution in [-0.2, 0) is 0 Å². The van der Waals surface area contributed by atoms with E-state index in [1.807, 2.05) is 12.1 Å². The van der Waals surface area contributed by atoms with Gasteiger partial charge in [0, 0.05) is 26.2 Å². The molecule has 14 heavy (non-hydrogen) atoms. The summed E-state index contributed by atoms with van der Waals surface area (Å²) in [7, 11) is 0. The molecule has 6 N–H and O–H groups in total. The molecule has 78 valence electrons. The molecule has 0 aromatic heterocycles. The molecule has 1 aliphatic rings. The summed E-state index contributed by atoms with van der Waals surface area (Å²) in [6.45, 7) is 4.56. The van der Waals surface area contributed by atoms with Gasteiger partial charge in [-0.1, -0.05) is 12.1 Å². The van der Waals surface area contributed by atoms with E-state index in [4.69, 9.17) is 11.5 Å². The average molecular weight is 194 g/mol. The zero-order chi connectivity index (χ0) is 10.2. The van der Waals surface area contributed by atoms with Crippen LogP contribution in [0.1, 0.15) is 0 Å². The van der Waals surface area contributed by atoms with E-state index in [-0.39, 0.29) is 0 Å². The van der Waals surface area contributed by atoms with Crippen LogP contribution in [0.25, 0.3) is 0 Å². The van der Waals surface area contributed by atoms with E-state index >= 15 is 0 Å². The Bertz CT molecular complexity index is 226. The smallest absolute Gasteiger partial charge is 0.0547 e. The van der Waals surface area contributed by atoms with Gasteiger partial charge in [-0.2, -0.15) is 0 Å². The third-order valence-electron chi connectivity index (χ3n) is 1.95. The Morgan fingerprint density at radius 2 is 1.14 bits per heavy atom. The third kappa shape index (κ3) is 4.11. The molecular formula is C10H18N4. The summed E-state index contributed by atoms with van der Waals surface area (Å²) in [6.07, 6.45) is 0. The molecule has 1 aromatic carbocycles. The van der Waals surface area contributed by atoms with Gasteiger partial charge >= 0.3 is 0 Å². The van der Waals surface area contributed by atoms with Crippen molar-refractivity contribution in [3.63, 3.8) is 0 Å². The maximum atomic E-state index is 5.39. The highest BCUT2D eigenvalue weighted by atomic mass is 15.0. The molecule has 4 nitrogen and oxygen atoms in total. The van der Waals surface area contributed by atoms with Crippen molar-refractivity contribution in [2.45, 2.75) is 0 Å². The van der Waals surface area contributed by atoms with Crippen molar-refractivity contribution in [3.05, 3.63) is 24.3 Å². The minimum Gasteiger partial charge on any atom is -0.397 e. The van der Waals surface area contributed by atoms with Crippen LogP contribution in [0, 0.1) is 0 Å². The van der Waals surface area contributed by atoms with Gasteiger partial charge < -0.3 is 22.1 Å². The number of anilines is 2. The van der Waals surface area contributed by atoms with Crippen molar-refractivity contribution in [2.75, 3.05) is 37.6 Å². The lowest BCUT2D eigenvalue weighted by atomic mass is 10.3. The van der Waals surface area contributed by atoms with Gasteiger partial charge in [-0.3, -0.25) is 0 Å². The second-order valence-electron chi connectivity index (χ2n) is 3.13. The Hall–Kier alpha value is -1.26. The largest absolute Gasteiger partial charge is 0.397 e. The van der Waals surface area contributed by atoms with E-state index < -0.39 is 0 Å². The van der Waals surface area contributed by atoms with Crippen LogP contribution >= 0.6 is 0 Å². The topological polar surface area (TPSA) is 76.1 Å². The first-order chi connectivity index (χ1) is 6.80. The summed E-state index contributed by atoms with van der Waals surface area (Å²) in [5.74, 6) is 0. The lowest BCUT2D eigenvalue weighted by molar-refractivity contribution is 0.534. The molecule has 0 unspecified atom stereocenters. The van der Waals surface area contributed by atoms with E-state index in [9.17, 15) is 0 Å². The highest BCUT2D eigenvalue weighted by Gasteiger charge is 1.91. The van der Waals surface area contributed by atoms with Crippen LogP contribution in [0.3, 0.4) is 0 Å². The van der Waals surface area contributed by atoms with Crippen LogP contribution in [0.4, 0.5) is 11.4 Å². The minimum atomic E-state index is 0.646. The highest BCUT2D eigenvalue weighted by molar-refractivity contribution is 5.62. The van der Waals surface area contributed by atoms with Gasteiger partial charge in [0.1, 0.15) is 0 Å². The molecule has 1 heterocycles. The van der Waals surface area contributed by atoms with Crippen molar-refractivity contribution in [1.29, 1.82) is 0 Å². The van der Waals surface area contributed by atoms with E-state index in [0.717, 1.165) is 26.2 Å². The molecule has 0 atom stereocenters. The standard InChI is InChI=1S/C6H8N2.C4H10N2/c7-5-3-1-2-4-6(5)8;1-2-6-4-3-5-1/h1-4H,7-8H2;5-6H,1-4H2. The molecule has 0 amide bonds. The van der Waals surface area contributed by atoms with Gasteiger partial charge in [-0.05, 0) is 12.1 Å². The summed E-state index contributed by atoms with van der Waals surface area (Å²) in [6, 6.07) is 7.25. The lowest BCUT2D eigenvalue weighted by Crippen LogP contribution is -2.39. The number of benzene rings is 1. The van der Waals surface area contributed by atoms with E-state index in [1.165, 1.54) is 0 Å². The van der Waals surface area contributed by atoms with Gasteiger partial charge in [0.25, 0.3) is 0 Å². The zero-order valence-corrected chi connectivity index (χ0v) is 8.29. The van der Waals surface area contributed by atoms with Crippen LogP contribution < -0.4 is 22.1 Å².